The Morgan fingerprint density at radius 1 is 1.26 bits per heavy atom. The van der Waals surface area contributed by atoms with Gasteiger partial charge in [0.05, 0.1) is 0 Å². The minimum Gasteiger partial charge on any atom is -0.352 e. The summed E-state index contributed by atoms with van der Waals surface area (Å²) >= 11 is 0. The van der Waals surface area contributed by atoms with E-state index in [0.717, 1.165) is 25.8 Å². The second-order valence-electron chi connectivity index (χ2n) is 5.63. The highest BCUT2D eigenvalue weighted by Crippen LogP contribution is 2.36. The topological polar surface area (TPSA) is 41.1 Å². The molecule has 2 fully saturated rings. The van der Waals surface area contributed by atoms with E-state index in [1.807, 2.05) is 12.1 Å². The first-order valence-electron chi connectivity index (χ1n) is 6.99. The summed E-state index contributed by atoms with van der Waals surface area (Å²) in [4.78, 5) is 11.1. The summed E-state index contributed by atoms with van der Waals surface area (Å²) in [5, 5.41) is 6.47. The summed E-state index contributed by atoms with van der Waals surface area (Å²) < 4.78 is 12.8. The van der Waals surface area contributed by atoms with Crippen LogP contribution in [-0.4, -0.2) is 24.5 Å². The lowest BCUT2D eigenvalue weighted by atomic mass is 9.76. The molecule has 1 saturated heterocycles. The number of carbonyl (C=O) groups is 1. The molecule has 3 nitrogen and oxygen atoms in total. The van der Waals surface area contributed by atoms with E-state index in [9.17, 15) is 9.18 Å². The first-order chi connectivity index (χ1) is 9.20. The lowest BCUT2D eigenvalue weighted by Crippen LogP contribution is -2.45. The molecule has 1 unspecified atom stereocenters. The normalized spacial score (nSPS) is 29.9. The molecule has 102 valence electrons. The van der Waals surface area contributed by atoms with Crippen molar-refractivity contribution in [1.29, 1.82) is 0 Å². The fourth-order valence-corrected chi connectivity index (χ4v) is 2.93. The van der Waals surface area contributed by atoms with E-state index in [1.54, 1.807) is 0 Å². The van der Waals surface area contributed by atoms with Crippen LogP contribution in [0.4, 0.5) is 4.39 Å². The van der Waals surface area contributed by atoms with Crippen LogP contribution in [0.3, 0.4) is 0 Å². The number of benzene rings is 1. The number of halogens is 1. The Balaban J connectivity index is 1.40. The van der Waals surface area contributed by atoms with E-state index in [1.165, 1.54) is 17.7 Å². The molecule has 1 aromatic carbocycles. The Morgan fingerprint density at radius 2 is 2.00 bits per heavy atom. The molecular formula is C15H19FN2O. The van der Waals surface area contributed by atoms with Gasteiger partial charge in [0, 0.05) is 25.0 Å². The average Bonchev–Trinajstić information content (AvgIpc) is 2.75. The van der Waals surface area contributed by atoms with Crippen molar-refractivity contribution in [2.75, 3.05) is 6.54 Å². The van der Waals surface area contributed by atoms with Gasteiger partial charge in [-0.3, -0.25) is 4.79 Å². The van der Waals surface area contributed by atoms with Crippen molar-refractivity contribution in [3.8, 4) is 0 Å². The number of hydrogen-bond donors (Lipinski definition) is 2. The molecule has 0 bridgehead atoms. The van der Waals surface area contributed by atoms with Crippen LogP contribution in [0.1, 0.15) is 37.2 Å². The van der Waals surface area contributed by atoms with Gasteiger partial charge in [-0.05, 0) is 42.9 Å². The van der Waals surface area contributed by atoms with Crippen molar-refractivity contribution in [1.82, 2.24) is 10.6 Å². The number of hydrogen-bond acceptors (Lipinski definition) is 2. The van der Waals surface area contributed by atoms with E-state index < -0.39 is 0 Å². The molecule has 0 spiro atoms. The van der Waals surface area contributed by atoms with Gasteiger partial charge in [-0.15, -0.1) is 0 Å². The third kappa shape index (κ3) is 2.95. The Labute approximate surface area is 112 Å². The highest BCUT2D eigenvalue weighted by atomic mass is 19.1. The SMILES string of the molecule is O=C1CCC(CNC2CC(c3ccc(F)cc3)C2)N1. The van der Waals surface area contributed by atoms with Crippen molar-refractivity contribution in [2.45, 2.75) is 43.7 Å². The third-order valence-electron chi connectivity index (χ3n) is 4.22. The summed E-state index contributed by atoms with van der Waals surface area (Å²) in [6.07, 6.45) is 3.81. The zero-order valence-corrected chi connectivity index (χ0v) is 10.9. The predicted octanol–water partition coefficient (Wildman–Crippen LogP) is 1.94. The number of amides is 1. The molecule has 3 rings (SSSR count). The van der Waals surface area contributed by atoms with Crippen LogP contribution in [-0.2, 0) is 4.79 Å². The Morgan fingerprint density at radius 3 is 2.63 bits per heavy atom. The molecule has 0 radical (unpaired) electrons. The number of carbonyl (C=O) groups excluding carboxylic acids is 1. The first-order valence-corrected chi connectivity index (χ1v) is 6.99. The van der Waals surface area contributed by atoms with Crippen LogP contribution in [0.2, 0.25) is 0 Å². The van der Waals surface area contributed by atoms with Gasteiger partial charge < -0.3 is 10.6 Å². The number of nitrogens with one attached hydrogen (secondary N) is 2. The fraction of sp³-hybridized carbons (Fsp3) is 0.533. The van der Waals surface area contributed by atoms with Crippen LogP contribution >= 0.6 is 0 Å². The van der Waals surface area contributed by atoms with Crippen LogP contribution in [0.5, 0.6) is 0 Å². The van der Waals surface area contributed by atoms with Crippen molar-refractivity contribution in [3.63, 3.8) is 0 Å². The maximum Gasteiger partial charge on any atom is 0.220 e. The molecule has 1 aliphatic heterocycles. The molecule has 2 N–H and O–H groups in total. The minimum atomic E-state index is -0.172. The molecule has 2 aliphatic rings. The first kappa shape index (κ1) is 12.6. The Kier molecular flexibility index (Phi) is 3.51. The fourth-order valence-electron chi connectivity index (χ4n) is 2.93. The van der Waals surface area contributed by atoms with E-state index in [2.05, 4.69) is 10.6 Å². The van der Waals surface area contributed by atoms with Crippen LogP contribution in [0.25, 0.3) is 0 Å². The van der Waals surface area contributed by atoms with Gasteiger partial charge in [0.25, 0.3) is 0 Å². The largest absolute Gasteiger partial charge is 0.352 e. The van der Waals surface area contributed by atoms with Crippen molar-refractivity contribution in [2.24, 2.45) is 0 Å². The lowest BCUT2D eigenvalue weighted by molar-refractivity contribution is -0.119. The van der Waals surface area contributed by atoms with Crippen molar-refractivity contribution in [3.05, 3.63) is 35.6 Å². The van der Waals surface area contributed by atoms with Gasteiger partial charge in [0.15, 0.2) is 0 Å². The standard InChI is InChI=1S/C15H19FN2O/c16-12-3-1-10(2-4-12)11-7-14(8-11)17-9-13-5-6-15(19)18-13/h1-4,11,13-14,17H,5-9H2,(H,18,19). The van der Waals surface area contributed by atoms with Gasteiger partial charge in [-0.1, -0.05) is 12.1 Å². The summed E-state index contributed by atoms with van der Waals surface area (Å²) in [6.45, 7) is 0.868. The highest BCUT2D eigenvalue weighted by Gasteiger charge is 2.31. The molecule has 1 aliphatic carbocycles. The van der Waals surface area contributed by atoms with Crippen LogP contribution in [0, 0.1) is 5.82 Å². The van der Waals surface area contributed by atoms with E-state index >= 15 is 0 Å². The van der Waals surface area contributed by atoms with E-state index in [4.69, 9.17) is 0 Å². The van der Waals surface area contributed by atoms with E-state index in [-0.39, 0.29) is 11.7 Å². The summed E-state index contributed by atoms with van der Waals surface area (Å²) in [6, 6.07) is 7.67. The monoisotopic (exact) mass is 262 g/mol. The van der Waals surface area contributed by atoms with Gasteiger partial charge in [-0.25, -0.2) is 4.39 Å². The van der Waals surface area contributed by atoms with E-state index in [0.29, 0.717) is 24.4 Å². The van der Waals surface area contributed by atoms with Gasteiger partial charge in [0.1, 0.15) is 5.82 Å². The Bertz CT molecular complexity index is 454. The summed E-state index contributed by atoms with van der Waals surface area (Å²) in [7, 11) is 0. The molecule has 19 heavy (non-hydrogen) atoms. The maximum absolute atomic E-state index is 12.8. The molecule has 4 heteroatoms. The molecule has 0 aromatic heterocycles. The van der Waals surface area contributed by atoms with Crippen LogP contribution in [0.15, 0.2) is 24.3 Å². The van der Waals surface area contributed by atoms with Gasteiger partial charge in [-0.2, -0.15) is 0 Å². The number of rotatable bonds is 4. The van der Waals surface area contributed by atoms with Gasteiger partial charge in [0.2, 0.25) is 5.91 Å². The average molecular weight is 262 g/mol. The third-order valence-corrected chi connectivity index (χ3v) is 4.22. The predicted molar refractivity (Wildman–Crippen MR) is 71.3 cm³/mol. The Hall–Kier alpha value is -1.42. The minimum absolute atomic E-state index is 0.171. The van der Waals surface area contributed by atoms with Gasteiger partial charge >= 0.3 is 0 Å². The van der Waals surface area contributed by atoms with Crippen molar-refractivity contribution < 1.29 is 9.18 Å². The van der Waals surface area contributed by atoms with Crippen LogP contribution < -0.4 is 10.6 Å². The highest BCUT2D eigenvalue weighted by molar-refractivity contribution is 5.78. The molecular weight excluding hydrogens is 243 g/mol. The second kappa shape index (κ2) is 5.29. The smallest absolute Gasteiger partial charge is 0.220 e. The second-order valence-corrected chi connectivity index (χ2v) is 5.63. The molecule has 1 aromatic rings. The summed E-state index contributed by atoms with van der Waals surface area (Å²) in [5.74, 6) is 0.551. The molecule has 1 heterocycles. The quantitative estimate of drug-likeness (QED) is 0.870. The van der Waals surface area contributed by atoms with Crippen molar-refractivity contribution >= 4 is 5.91 Å². The molecule has 1 amide bonds. The zero-order chi connectivity index (χ0) is 13.2. The maximum atomic E-state index is 12.8. The zero-order valence-electron chi connectivity index (χ0n) is 10.9. The molecule has 1 saturated carbocycles. The molecule has 1 atom stereocenters. The lowest BCUT2D eigenvalue weighted by Gasteiger charge is -2.37. The summed E-state index contributed by atoms with van der Waals surface area (Å²) in [5.41, 5.74) is 1.23.